The fourth-order valence-corrected chi connectivity index (χ4v) is 2.05. The summed E-state index contributed by atoms with van der Waals surface area (Å²) in [5.74, 6) is 0.480. The summed E-state index contributed by atoms with van der Waals surface area (Å²) in [6.07, 6.45) is 4.48. The third-order valence-corrected chi connectivity index (χ3v) is 3.13. The predicted molar refractivity (Wildman–Crippen MR) is 66.5 cm³/mol. The minimum atomic E-state index is -0.0901. The number of halogens is 2. The summed E-state index contributed by atoms with van der Waals surface area (Å²) in [7, 11) is 0. The van der Waals surface area contributed by atoms with Gasteiger partial charge in [-0.05, 0) is 30.0 Å². The molecule has 1 unspecified atom stereocenters. The molecule has 1 atom stereocenters. The number of hydrogen-bond acceptors (Lipinski definition) is 0. The van der Waals surface area contributed by atoms with Crippen LogP contribution in [0.2, 0.25) is 0 Å². The van der Waals surface area contributed by atoms with E-state index in [1.807, 2.05) is 12.1 Å². The average molecular weight is 273 g/mol. The van der Waals surface area contributed by atoms with Crippen molar-refractivity contribution in [2.24, 2.45) is 5.92 Å². The zero-order chi connectivity index (χ0) is 11.3. The van der Waals surface area contributed by atoms with Crippen LogP contribution in [0.25, 0.3) is 0 Å². The van der Waals surface area contributed by atoms with Gasteiger partial charge >= 0.3 is 0 Å². The summed E-state index contributed by atoms with van der Waals surface area (Å²) < 4.78 is 14.3. The SMILES string of the molecule is CCCCC(C)Cc1ccc(Br)cc1F. The second-order valence-corrected chi connectivity index (χ2v) is 5.10. The van der Waals surface area contributed by atoms with Crippen LogP contribution in [0.1, 0.15) is 38.7 Å². The molecule has 0 aliphatic carbocycles. The van der Waals surface area contributed by atoms with Gasteiger partial charge in [-0.2, -0.15) is 0 Å². The Morgan fingerprint density at radius 1 is 1.40 bits per heavy atom. The van der Waals surface area contributed by atoms with Crippen molar-refractivity contribution in [3.05, 3.63) is 34.1 Å². The van der Waals surface area contributed by atoms with E-state index in [2.05, 4.69) is 29.8 Å². The molecule has 0 saturated carbocycles. The van der Waals surface area contributed by atoms with Gasteiger partial charge in [0.05, 0.1) is 0 Å². The molecule has 1 aromatic rings. The zero-order valence-corrected chi connectivity index (χ0v) is 11.0. The summed E-state index contributed by atoms with van der Waals surface area (Å²) in [6, 6.07) is 5.33. The topological polar surface area (TPSA) is 0 Å². The maximum Gasteiger partial charge on any atom is 0.127 e. The summed E-state index contributed by atoms with van der Waals surface area (Å²) in [6.45, 7) is 4.38. The molecule has 0 fully saturated rings. The van der Waals surface area contributed by atoms with Crippen LogP contribution < -0.4 is 0 Å². The molecular weight excluding hydrogens is 255 g/mol. The van der Waals surface area contributed by atoms with E-state index >= 15 is 0 Å². The van der Waals surface area contributed by atoms with E-state index in [1.54, 1.807) is 6.07 Å². The Morgan fingerprint density at radius 2 is 2.13 bits per heavy atom. The lowest BCUT2D eigenvalue weighted by Gasteiger charge is -2.11. The van der Waals surface area contributed by atoms with Gasteiger partial charge in [-0.25, -0.2) is 4.39 Å². The first-order valence-corrected chi connectivity index (χ1v) is 6.36. The van der Waals surface area contributed by atoms with Gasteiger partial charge in [0.1, 0.15) is 5.82 Å². The highest BCUT2D eigenvalue weighted by molar-refractivity contribution is 9.10. The summed E-state index contributed by atoms with van der Waals surface area (Å²) >= 11 is 3.26. The molecule has 0 aromatic heterocycles. The maximum absolute atomic E-state index is 13.5. The van der Waals surface area contributed by atoms with Gasteiger partial charge in [0, 0.05) is 4.47 Å². The van der Waals surface area contributed by atoms with Crippen LogP contribution in [0.3, 0.4) is 0 Å². The van der Waals surface area contributed by atoms with Crippen molar-refractivity contribution in [3.8, 4) is 0 Å². The number of hydrogen-bond donors (Lipinski definition) is 0. The smallest absolute Gasteiger partial charge is 0.127 e. The Hall–Kier alpha value is -0.370. The van der Waals surface area contributed by atoms with Crippen LogP contribution in [0.4, 0.5) is 4.39 Å². The third-order valence-electron chi connectivity index (χ3n) is 2.63. The van der Waals surface area contributed by atoms with Crippen LogP contribution in [-0.2, 0) is 6.42 Å². The number of benzene rings is 1. The molecule has 0 heterocycles. The molecule has 0 nitrogen and oxygen atoms in total. The molecule has 0 saturated heterocycles. The first kappa shape index (κ1) is 12.7. The molecule has 0 N–H and O–H groups in total. The molecule has 1 aromatic carbocycles. The van der Waals surface area contributed by atoms with E-state index in [0.29, 0.717) is 5.92 Å². The van der Waals surface area contributed by atoms with Crippen LogP contribution in [-0.4, -0.2) is 0 Å². The Labute approximate surface area is 100 Å². The van der Waals surface area contributed by atoms with Crippen LogP contribution >= 0.6 is 15.9 Å². The summed E-state index contributed by atoms with van der Waals surface area (Å²) in [5.41, 5.74) is 0.835. The van der Waals surface area contributed by atoms with E-state index in [0.717, 1.165) is 16.5 Å². The molecule has 0 spiro atoms. The van der Waals surface area contributed by atoms with E-state index in [-0.39, 0.29) is 5.82 Å². The second kappa shape index (κ2) is 6.26. The average Bonchev–Trinajstić information content (AvgIpc) is 2.19. The molecule has 0 radical (unpaired) electrons. The largest absolute Gasteiger partial charge is 0.207 e. The van der Waals surface area contributed by atoms with E-state index < -0.39 is 0 Å². The Bertz CT molecular complexity index is 309. The fourth-order valence-electron chi connectivity index (χ4n) is 1.72. The molecule has 15 heavy (non-hydrogen) atoms. The van der Waals surface area contributed by atoms with Gasteiger partial charge in [0.25, 0.3) is 0 Å². The van der Waals surface area contributed by atoms with Gasteiger partial charge in [-0.1, -0.05) is 55.1 Å². The van der Waals surface area contributed by atoms with Crippen LogP contribution in [0.5, 0.6) is 0 Å². The van der Waals surface area contributed by atoms with Crippen molar-refractivity contribution >= 4 is 15.9 Å². The van der Waals surface area contributed by atoms with Crippen molar-refractivity contribution in [3.63, 3.8) is 0 Å². The molecule has 0 bridgehead atoms. The van der Waals surface area contributed by atoms with E-state index in [4.69, 9.17) is 0 Å². The Morgan fingerprint density at radius 3 is 2.73 bits per heavy atom. The number of unbranched alkanes of at least 4 members (excludes halogenated alkanes) is 1. The molecule has 0 aliphatic rings. The second-order valence-electron chi connectivity index (χ2n) is 4.19. The fraction of sp³-hybridized carbons (Fsp3) is 0.538. The van der Waals surface area contributed by atoms with Crippen LogP contribution in [0, 0.1) is 11.7 Å². The quantitative estimate of drug-likeness (QED) is 0.711. The highest BCUT2D eigenvalue weighted by atomic mass is 79.9. The molecule has 1 rings (SSSR count). The lowest BCUT2D eigenvalue weighted by Crippen LogP contribution is -2.01. The van der Waals surface area contributed by atoms with E-state index in [9.17, 15) is 4.39 Å². The van der Waals surface area contributed by atoms with Gasteiger partial charge in [-0.3, -0.25) is 0 Å². The lowest BCUT2D eigenvalue weighted by molar-refractivity contribution is 0.489. The monoisotopic (exact) mass is 272 g/mol. The van der Waals surface area contributed by atoms with Gasteiger partial charge < -0.3 is 0 Å². The molecule has 84 valence electrons. The molecule has 0 amide bonds. The van der Waals surface area contributed by atoms with E-state index in [1.165, 1.54) is 19.3 Å². The predicted octanol–water partition coefficient (Wildman–Crippen LogP) is 4.96. The number of rotatable bonds is 5. The lowest BCUT2D eigenvalue weighted by atomic mass is 9.96. The molecule has 2 heteroatoms. The highest BCUT2D eigenvalue weighted by Gasteiger charge is 2.07. The highest BCUT2D eigenvalue weighted by Crippen LogP contribution is 2.20. The minimum absolute atomic E-state index is 0.0901. The first-order valence-electron chi connectivity index (χ1n) is 5.57. The molecule has 0 aliphatic heterocycles. The van der Waals surface area contributed by atoms with Crippen molar-refractivity contribution in [2.75, 3.05) is 0 Å². The van der Waals surface area contributed by atoms with Gasteiger partial charge in [-0.15, -0.1) is 0 Å². The van der Waals surface area contributed by atoms with Crippen molar-refractivity contribution < 1.29 is 4.39 Å². The zero-order valence-electron chi connectivity index (χ0n) is 9.39. The standard InChI is InChI=1S/C13H18BrF/c1-3-4-5-10(2)8-11-6-7-12(14)9-13(11)15/h6-7,9-10H,3-5,8H2,1-2H3. The Balaban J connectivity index is 2.56. The normalized spacial score (nSPS) is 12.8. The summed E-state index contributed by atoms with van der Waals surface area (Å²) in [5, 5.41) is 0. The maximum atomic E-state index is 13.5. The van der Waals surface area contributed by atoms with Crippen LogP contribution in [0.15, 0.2) is 22.7 Å². The summed E-state index contributed by atoms with van der Waals surface area (Å²) in [4.78, 5) is 0. The van der Waals surface area contributed by atoms with Gasteiger partial charge in [0.15, 0.2) is 0 Å². The van der Waals surface area contributed by atoms with Crippen molar-refractivity contribution in [2.45, 2.75) is 39.5 Å². The van der Waals surface area contributed by atoms with Crippen molar-refractivity contribution in [1.82, 2.24) is 0 Å². The first-order chi connectivity index (χ1) is 7.13. The minimum Gasteiger partial charge on any atom is -0.207 e. The van der Waals surface area contributed by atoms with Crippen molar-refractivity contribution in [1.29, 1.82) is 0 Å². The molecular formula is C13H18BrF. The Kier molecular flexibility index (Phi) is 5.30. The van der Waals surface area contributed by atoms with Gasteiger partial charge in [0.2, 0.25) is 0 Å². The third kappa shape index (κ3) is 4.33.